The number of ether oxygens (including phenoxy) is 1. The Bertz CT molecular complexity index is 737. The second-order valence-corrected chi connectivity index (χ2v) is 6.16. The highest BCUT2D eigenvalue weighted by atomic mass is 35.5. The number of aromatic nitrogens is 2. The van der Waals surface area contributed by atoms with Crippen LogP contribution in [-0.4, -0.2) is 47.1 Å². The highest BCUT2D eigenvalue weighted by molar-refractivity contribution is 6.33. The molecule has 2 heterocycles. The van der Waals surface area contributed by atoms with Gasteiger partial charge in [-0.25, -0.2) is 9.97 Å². The minimum Gasteiger partial charge on any atom is -0.378 e. The van der Waals surface area contributed by atoms with Gasteiger partial charge in [-0.3, -0.25) is 4.79 Å². The largest absolute Gasteiger partial charge is 0.378 e. The van der Waals surface area contributed by atoms with Crippen molar-refractivity contribution in [3.05, 3.63) is 46.4 Å². The van der Waals surface area contributed by atoms with Gasteiger partial charge in [-0.05, 0) is 31.0 Å². The Labute approximate surface area is 145 Å². The third-order valence-electron chi connectivity index (χ3n) is 3.87. The number of nitrogens with one attached hydrogen (secondary N) is 1. The Morgan fingerprint density at radius 1 is 1.21 bits per heavy atom. The number of benzene rings is 1. The fraction of sp³-hybridized carbons (Fsp3) is 0.353. The molecule has 1 aliphatic heterocycles. The number of carbonyl (C=O) groups is 1. The predicted octanol–water partition coefficient (Wildman–Crippen LogP) is 2.96. The Balaban J connectivity index is 1.82. The van der Waals surface area contributed by atoms with E-state index in [1.165, 1.54) is 6.33 Å². The Kier molecular flexibility index (Phi) is 4.97. The van der Waals surface area contributed by atoms with Crippen molar-refractivity contribution in [2.24, 2.45) is 0 Å². The third-order valence-corrected chi connectivity index (χ3v) is 4.17. The topological polar surface area (TPSA) is 67.4 Å². The number of anilines is 2. The molecule has 0 spiro atoms. The van der Waals surface area contributed by atoms with Gasteiger partial charge in [-0.1, -0.05) is 17.7 Å². The molecule has 126 valence electrons. The van der Waals surface area contributed by atoms with Crippen LogP contribution in [-0.2, 0) is 4.74 Å². The summed E-state index contributed by atoms with van der Waals surface area (Å²) in [5.41, 5.74) is 3.25. The zero-order valence-electron chi connectivity index (χ0n) is 13.7. The molecule has 1 aromatic carbocycles. The molecule has 3 rings (SSSR count). The zero-order chi connectivity index (χ0) is 17.1. The summed E-state index contributed by atoms with van der Waals surface area (Å²) in [6.45, 7) is 6.23. The summed E-state index contributed by atoms with van der Waals surface area (Å²) in [7, 11) is 0. The summed E-state index contributed by atoms with van der Waals surface area (Å²) >= 11 is 6.31. The van der Waals surface area contributed by atoms with Gasteiger partial charge in [-0.2, -0.15) is 0 Å². The molecular formula is C17H19ClN4O2. The van der Waals surface area contributed by atoms with Crippen molar-refractivity contribution >= 4 is 29.0 Å². The van der Waals surface area contributed by atoms with Crippen molar-refractivity contribution in [1.29, 1.82) is 0 Å². The number of hydrogen-bond acceptors (Lipinski definition) is 5. The van der Waals surface area contributed by atoms with E-state index < -0.39 is 0 Å². The van der Waals surface area contributed by atoms with Gasteiger partial charge >= 0.3 is 0 Å². The average molecular weight is 347 g/mol. The number of rotatable bonds is 3. The van der Waals surface area contributed by atoms with E-state index >= 15 is 0 Å². The van der Waals surface area contributed by atoms with Crippen molar-refractivity contribution < 1.29 is 9.53 Å². The SMILES string of the molecule is Cc1cc(C)c(Nc2cc(C(=O)N3CCOCC3)ncn2)c(Cl)c1. The second kappa shape index (κ2) is 7.15. The highest BCUT2D eigenvalue weighted by Crippen LogP contribution is 2.29. The van der Waals surface area contributed by atoms with Crippen LogP contribution in [0.2, 0.25) is 5.02 Å². The second-order valence-electron chi connectivity index (χ2n) is 5.76. The quantitative estimate of drug-likeness (QED) is 0.925. The van der Waals surface area contributed by atoms with E-state index in [0.717, 1.165) is 16.8 Å². The number of amides is 1. The minimum absolute atomic E-state index is 0.115. The maximum Gasteiger partial charge on any atom is 0.272 e. The summed E-state index contributed by atoms with van der Waals surface area (Å²) in [5.74, 6) is 0.422. The van der Waals surface area contributed by atoms with Crippen LogP contribution in [0.3, 0.4) is 0 Å². The molecule has 1 N–H and O–H groups in total. The fourth-order valence-electron chi connectivity index (χ4n) is 2.67. The van der Waals surface area contributed by atoms with Crippen LogP contribution in [0.15, 0.2) is 24.5 Å². The summed E-state index contributed by atoms with van der Waals surface area (Å²) in [6, 6.07) is 5.57. The summed E-state index contributed by atoms with van der Waals surface area (Å²) in [4.78, 5) is 22.5. The third kappa shape index (κ3) is 3.66. The lowest BCUT2D eigenvalue weighted by atomic mass is 10.1. The van der Waals surface area contributed by atoms with Crippen LogP contribution in [0, 0.1) is 13.8 Å². The molecule has 7 heteroatoms. The molecule has 1 fully saturated rings. The van der Waals surface area contributed by atoms with Crippen LogP contribution in [0.25, 0.3) is 0 Å². The zero-order valence-corrected chi connectivity index (χ0v) is 14.4. The lowest BCUT2D eigenvalue weighted by molar-refractivity contribution is 0.0299. The molecule has 0 saturated carbocycles. The van der Waals surface area contributed by atoms with Gasteiger partial charge in [0.25, 0.3) is 5.91 Å². The number of halogens is 1. The van der Waals surface area contributed by atoms with E-state index in [1.807, 2.05) is 26.0 Å². The maximum absolute atomic E-state index is 12.5. The fourth-order valence-corrected chi connectivity index (χ4v) is 3.04. The van der Waals surface area contributed by atoms with Crippen LogP contribution in [0.4, 0.5) is 11.5 Å². The molecular weight excluding hydrogens is 328 g/mol. The van der Waals surface area contributed by atoms with Crippen LogP contribution in [0.5, 0.6) is 0 Å². The van der Waals surface area contributed by atoms with Crippen molar-refractivity contribution in [3.63, 3.8) is 0 Å². The Morgan fingerprint density at radius 3 is 2.67 bits per heavy atom. The molecule has 6 nitrogen and oxygen atoms in total. The normalized spacial score (nSPS) is 14.5. The Hall–Kier alpha value is -2.18. The monoisotopic (exact) mass is 346 g/mol. The summed E-state index contributed by atoms with van der Waals surface area (Å²) < 4.78 is 5.27. The lowest BCUT2D eigenvalue weighted by Gasteiger charge is -2.26. The average Bonchev–Trinajstić information content (AvgIpc) is 2.58. The van der Waals surface area contributed by atoms with E-state index in [-0.39, 0.29) is 5.91 Å². The number of hydrogen-bond donors (Lipinski definition) is 1. The predicted molar refractivity (Wildman–Crippen MR) is 93.0 cm³/mol. The van der Waals surface area contributed by atoms with Crippen molar-refractivity contribution in [2.45, 2.75) is 13.8 Å². The molecule has 0 atom stereocenters. The van der Waals surface area contributed by atoms with E-state index in [0.29, 0.717) is 42.8 Å². The van der Waals surface area contributed by atoms with Gasteiger partial charge in [0.15, 0.2) is 0 Å². The van der Waals surface area contributed by atoms with Gasteiger partial charge < -0.3 is 15.0 Å². The van der Waals surface area contributed by atoms with Crippen molar-refractivity contribution in [2.75, 3.05) is 31.6 Å². The van der Waals surface area contributed by atoms with E-state index in [2.05, 4.69) is 15.3 Å². The lowest BCUT2D eigenvalue weighted by Crippen LogP contribution is -2.41. The maximum atomic E-state index is 12.5. The van der Waals surface area contributed by atoms with Gasteiger partial charge in [-0.15, -0.1) is 0 Å². The van der Waals surface area contributed by atoms with E-state index in [1.54, 1.807) is 11.0 Å². The number of nitrogens with zero attached hydrogens (tertiary/aromatic N) is 3. The highest BCUT2D eigenvalue weighted by Gasteiger charge is 2.20. The van der Waals surface area contributed by atoms with E-state index in [9.17, 15) is 4.79 Å². The number of aryl methyl sites for hydroxylation is 2. The van der Waals surface area contributed by atoms with Gasteiger partial charge in [0, 0.05) is 19.2 Å². The molecule has 0 aliphatic carbocycles. The van der Waals surface area contributed by atoms with Crippen molar-refractivity contribution in [3.8, 4) is 0 Å². The summed E-state index contributed by atoms with van der Waals surface area (Å²) in [5, 5.41) is 3.81. The first kappa shape index (κ1) is 16.7. The van der Waals surface area contributed by atoms with Gasteiger partial charge in [0.2, 0.25) is 0 Å². The molecule has 1 saturated heterocycles. The van der Waals surface area contributed by atoms with Gasteiger partial charge in [0.1, 0.15) is 17.8 Å². The number of carbonyl (C=O) groups excluding carboxylic acids is 1. The number of morpholine rings is 1. The molecule has 0 bridgehead atoms. The van der Waals surface area contributed by atoms with Crippen LogP contribution >= 0.6 is 11.6 Å². The summed E-state index contributed by atoms with van der Waals surface area (Å²) in [6.07, 6.45) is 1.38. The molecule has 2 aromatic rings. The molecule has 1 aromatic heterocycles. The minimum atomic E-state index is -0.115. The first-order valence-corrected chi connectivity index (χ1v) is 8.15. The van der Waals surface area contributed by atoms with Crippen LogP contribution < -0.4 is 5.32 Å². The van der Waals surface area contributed by atoms with E-state index in [4.69, 9.17) is 16.3 Å². The Morgan fingerprint density at radius 2 is 1.96 bits per heavy atom. The first-order valence-electron chi connectivity index (χ1n) is 7.77. The molecule has 24 heavy (non-hydrogen) atoms. The molecule has 0 unspecified atom stereocenters. The van der Waals surface area contributed by atoms with Crippen molar-refractivity contribution in [1.82, 2.24) is 14.9 Å². The smallest absolute Gasteiger partial charge is 0.272 e. The molecule has 1 aliphatic rings. The standard InChI is InChI=1S/C17H19ClN4O2/c1-11-7-12(2)16(13(18)8-11)21-15-9-14(19-10-20-15)17(23)22-3-5-24-6-4-22/h7-10H,3-6H2,1-2H3,(H,19,20,21). The molecule has 1 amide bonds. The van der Waals surface area contributed by atoms with Crippen LogP contribution in [0.1, 0.15) is 21.6 Å². The first-order chi connectivity index (χ1) is 11.5. The molecule has 0 radical (unpaired) electrons. The van der Waals surface area contributed by atoms with Gasteiger partial charge in [0.05, 0.1) is 23.9 Å².